The smallest absolute Gasteiger partial charge is 0.253 e. The largest absolute Gasteiger partial charge is 0.349 e. The van der Waals surface area contributed by atoms with Crippen molar-refractivity contribution in [2.45, 2.75) is 56.9 Å². The molecule has 5 heteroatoms. The van der Waals surface area contributed by atoms with Gasteiger partial charge in [0.25, 0.3) is 11.8 Å². The highest BCUT2D eigenvalue weighted by Crippen LogP contribution is 2.32. The molecule has 0 unspecified atom stereocenters. The van der Waals surface area contributed by atoms with E-state index in [0.717, 1.165) is 18.4 Å². The first-order chi connectivity index (χ1) is 14.6. The molecule has 2 amide bonds. The lowest BCUT2D eigenvalue weighted by Crippen LogP contribution is -2.46. The number of nitrogens with one attached hydrogen (secondary N) is 1. The van der Waals surface area contributed by atoms with Crippen LogP contribution in [0.4, 0.5) is 4.39 Å². The summed E-state index contributed by atoms with van der Waals surface area (Å²) in [7, 11) is 0. The molecule has 0 spiro atoms. The number of hydrogen-bond acceptors (Lipinski definition) is 2. The minimum absolute atomic E-state index is 0.0280. The Bertz CT molecular complexity index is 865. The summed E-state index contributed by atoms with van der Waals surface area (Å²) in [6, 6.07) is 13.8. The molecule has 4 nitrogen and oxygen atoms in total. The fourth-order valence-corrected chi connectivity index (χ4v) is 4.61. The van der Waals surface area contributed by atoms with Crippen LogP contribution < -0.4 is 5.32 Å². The third-order valence-corrected chi connectivity index (χ3v) is 6.46. The molecule has 1 saturated carbocycles. The highest BCUT2D eigenvalue weighted by atomic mass is 19.1. The normalized spacial score (nSPS) is 18.2. The molecule has 1 heterocycles. The van der Waals surface area contributed by atoms with Gasteiger partial charge in [-0.2, -0.15) is 0 Å². The highest BCUT2D eigenvalue weighted by Gasteiger charge is 2.25. The molecular formula is C25H29FN2O2. The van der Waals surface area contributed by atoms with Gasteiger partial charge in [-0.15, -0.1) is 0 Å². The Hall–Kier alpha value is -2.69. The maximum atomic E-state index is 13.0. The Labute approximate surface area is 177 Å². The van der Waals surface area contributed by atoms with E-state index in [1.807, 2.05) is 17.0 Å². The van der Waals surface area contributed by atoms with E-state index in [2.05, 4.69) is 17.4 Å². The number of rotatable bonds is 4. The van der Waals surface area contributed by atoms with Crippen LogP contribution in [-0.2, 0) is 0 Å². The van der Waals surface area contributed by atoms with Gasteiger partial charge in [-0.25, -0.2) is 4.39 Å². The number of hydrogen-bond donors (Lipinski definition) is 1. The Balaban J connectivity index is 1.28. The standard InChI is InChI=1S/C25H29FN2O2/c26-22-12-10-20(11-13-22)24(29)27-23-14-16-28(17-15-23)25(30)21-8-6-19(7-9-21)18-4-2-1-3-5-18/h6-13,18,23H,1-5,14-17H2,(H,27,29). The summed E-state index contributed by atoms with van der Waals surface area (Å²) in [5.41, 5.74) is 2.55. The summed E-state index contributed by atoms with van der Waals surface area (Å²) < 4.78 is 13.0. The molecule has 1 aliphatic carbocycles. The number of nitrogens with zero attached hydrogens (tertiary/aromatic N) is 1. The number of amides is 2. The van der Waals surface area contributed by atoms with Crippen LogP contribution in [0.5, 0.6) is 0 Å². The lowest BCUT2D eigenvalue weighted by molar-refractivity contribution is 0.0698. The molecule has 4 rings (SSSR count). The summed E-state index contributed by atoms with van der Waals surface area (Å²) in [5, 5.41) is 3.00. The molecule has 1 N–H and O–H groups in total. The van der Waals surface area contributed by atoms with Crippen molar-refractivity contribution in [1.82, 2.24) is 10.2 Å². The van der Waals surface area contributed by atoms with Gasteiger partial charge in [0, 0.05) is 30.3 Å². The number of carbonyl (C=O) groups excluding carboxylic acids is 2. The van der Waals surface area contributed by atoms with Gasteiger partial charge in [-0.3, -0.25) is 9.59 Å². The first-order valence-electron chi connectivity index (χ1n) is 11.1. The first kappa shape index (κ1) is 20.6. The third kappa shape index (κ3) is 4.89. The van der Waals surface area contributed by atoms with E-state index in [-0.39, 0.29) is 23.7 Å². The molecule has 158 valence electrons. The lowest BCUT2D eigenvalue weighted by Gasteiger charge is -2.32. The van der Waals surface area contributed by atoms with Gasteiger partial charge in [-0.05, 0) is 73.6 Å². The van der Waals surface area contributed by atoms with Crippen LogP contribution in [0.3, 0.4) is 0 Å². The summed E-state index contributed by atoms with van der Waals surface area (Å²) in [4.78, 5) is 27.1. The summed E-state index contributed by atoms with van der Waals surface area (Å²) in [5.74, 6) is 0.153. The predicted molar refractivity (Wildman–Crippen MR) is 115 cm³/mol. The number of halogens is 1. The van der Waals surface area contributed by atoms with Gasteiger partial charge in [0.1, 0.15) is 5.82 Å². The Kier molecular flexibility index (Phi) is 6.46. The maximum absolute atomic E-state index is 13.0. The topological polar surface area (TPSA) is 49.4 Å². The molecule has 2 fully saturated rings. The second-order valence-corrected chi connectivity index (χ2v) is 8.50. The van der Waals surface area contributed by atoms with Gasteiger partial charge in [0.05, 0.1) is 0 Å². The van der Waals surface area contributed by atoms with Gasteiger partial charge < -0.3 is 10.2 Å². The molecule has 0 radical (unpaired) electrons. The van der Waals surface area contributed by atoms with E-state index < -0.39 is 0 Å². The zero-order chi connectivity index (χ0) is 20.9. The van der Waals surface area contributed by atoms with Crippen molar-refractivity contribution < 1.29 is 14.0 Å². The van der Waals surface area contributed by atoms with Crippen molar-refractivity contribution >= 4 is 11.8 Å². The summed E-state index contributed by atoms with van der Waals surface area (Å²) >= 11 is 0. The van der Waals surface area contributed by atoms with Crippen molar-refractivity contribution in [3.8, 4) is 0 Å². The minimum Gasteiger partial charge on any atom is -0.349 e. The van der Waals surface area contributed by atoms with E-state index in [1.165, 1.54) is 61.9 Å². The van der Waals surface area contributed by atoms with Crippen LogP contribution in [0, 0.1) is 5.82 Å². The molecule has 1 saturated heterocycles. The zero-order valence-electron chi connectivity index (χ0n) is 17.3. The molecular weight excluding hydrogens is 379 g/mol. The number of piperidine rings is 1. The molecule has 2 aliphatic rings. The van der Waals surface area contributed by atoms with Gasteiger partial charge in [0.2, 0.25) is 0 Å². The molecule has 0 aromatic heterocycles. The second-order valence-electron chi connectivity index (χ2n) is 8.50. The van der Waals surface area contributed by atoms with Crippen LogP contribution in [0.2, 0.25) is 0 Å². The second kappa shape index (κ2) is 9.41. The van der Waals surface area contributed by atoms with Crippen LogP contribution in [0.15, 0.2) is 48.5 Å². The van der Waals surface area contributed by atoms with Crippen molar-refractivity contribution in [1.29, 1.82) is 0 Å². The molecule has 30 heavy (non-hydrogen) atoms. The number of carbonyl (C=O) groups is 2. The van der Waals surface area contributed by atoms with Crippen molar-refractivity contribution in [2.75, 3.05) is 13.1 Å². The molecule has 0 bridgehead atoms. The van der Waals surface area contributed by atoms with Crippen molar-refractivity contribution in [3.05, 3.63) is 71.0 Å². The maximum Gasteiger partial charge on any atom is 0.253 e. The van der Waals surface area contributed by atoms with E-state index in [4.69, 9.17) is 0 Å². The SMILES string of the molecule is O=C(NC1CCN(C(=O)c2ccc(C3CCCCC3)cc2)CC1)c1ccc(F)cc1. The molecule has 1 aliphatic heterocycles. The van der Waals surface area contributed by atoms with Crippen LogP contribution >= 0.6 is 0 Å². The highest BCUT2D eigenvalue weighted by molar-refractivity contribution is 5.95. The first-order valence-corrected chi connectivity index (χ1v) is 11.1. The minimum atomic E-state index is -0.356. The molecule has 0 atom stereocenters. The third-order valence-electron chi connectivity index (χ3n) is 6.46. The van der Waals surface area contributed by atoms with E-state index in [0.29, 0.717) is 24.6 Å². The summed E-state index contributed by atoms with van der Waals surface area (Å²) in [6.07, 6.45) is 7.90. The summed E-state index contributed by atoms with van der Waals surface area (Å²) in [6.45, 7) is 1.25. The lowest BCUT2D eigenvalue weighted by atomic mass is 9.84. The Morgan fingerprint density at radius 1 is 0.800 bits per heavy atom. The van der Waals surface area contributed by atoms with Gasteiger partial charge >= 0.3 is 0 Å². The average Bonchev–Trinajstić information content (AvgIpc) is 2.80. The van der Waals surface area contributed by atoms with Gasteiger partial charge in [0.15, 0.2) is 0 Å². The van der Waals surface area contributed by atoms with Crippen LogP contribution in [0.25, 0.3) is 0 Å². The van der Waals surface area contributed by atoms with Crippen LogP contribution in [-0.4, -0.2) is 35.8 Å². The van der Waals surface area contributed by atoms with E-state index in [1.54, 1.807) is 0 Å². The Morgan fingerprint density at radius 3 is 2.03 bits per heavy atom. The van der Waals surface area contributed by atoms with Crippen molar-refractivity contribution in [3.63, 3.8) is 0 Å². The zero-order valence-corrected chi connectivity index (χ0v) is 17.3. The molecule has 2 aromatic rings. The fourth-order valence-electron chi connectivity index (χ4n) is 4.61. The van der Waals surface area contributed by atoms with Crippen LogP contribution in [0.1, 0.15) is 77.1 Å². The van der Waals surface area contributed by atoms with E-state index >= 15 is 0 Å². The van der Waals surface area contributed by atoms with Gasteiger partial charge in [-0.1, -0.05) is 31.4 Å². The van der Waals surface area contributed by atoms with E-state index in [9.17, 15) is 14.0 Å². The predicted octanol–water partition coefficient (Wildman–Crippen LogP) is 4.91. The average molecular weight is 409 g/mol. The number of benzene rings is 2. The fraction of sp³-hybridized carbons (Fsp3) is 0.440. The quantitative estimate of drug-likeness (QED) is 0.782. The monoisotopic (exact) mass is 408 g/mol. The number of likely N-dealkylation sites (tertiary alicyclic amines) is 1. The van der Waals surface area contributed by atoms with Crippen molar-refractivity contribution in [2.24, 2.45) is 0 Å². The Morgan fingerprint density at radius 2 is 1.40 bits per heavy atom. The molecule has 2 aromatic carbocycles.